The summed E-state index contributed by atoms with van der Waals surface area (Å²) in [4.78, 5) is 9.67. The molecule has 9 heavy (non-hydrogen) atoms. The molecule has 0 fully saturated rings. The lowest BCUT2D eigenvalue weighted by Gasteiger charge is -1.94. The van der Waals surface area contributed by atoms with Crippen molar-refractivity contribution in [1.29, 1.82) is 0 Å². The van der Waals surface area contributed by atoms with Crippen LogP contribution in [0.5, 0.6) is 0 Å². The minimum absolute atomic E-state index is 0.185. The Morgan fingerprint density at radius 2 is 2.44 bits per heavy atom. The summed E-state index contributed by atoms with van der Waals surface area (Å²) in [5.41, 5.74) is 0. The van der Waals surface area contributed by atoms with Gasteiger partial charge >= 0.3 is 0 Å². The highest BCUT2D eigenvalue weighted by Gasteiger charge is 1.83. The van der Waals surface area contributed by atoms with Gasteiger partial charge in [0.25, 0.3) is 0 Å². The number of hydrogen-bond donors (Lipinski definition) is 0. The molecule has 0 aromatic heterocycles. The Morgan fingerprint density at radius 1 is 1.67 bits per heavy atom. The number of unbranched alkanes of at least 4 members (excludes halogenated alkanes) is 1. The van der Waals surface area contributed by atoms with Crippen LogP contribution in [0, 0.1) is 12.3 Å². The Labute approximate surface area is 55.2 Å². The third-order valence-corrected chi connectivity index (χ3v) is 0.796. The third kappa shape index (κ3) is 7.19. The Bertz CT molecular complexity index is 102. The molecule has 0 aromatic rings. The van der Waals surface area contributed by atoms with E-state index >= 15 is 0 Å². The fraction of sp³-hybridized carbons (Fsp3) is 0.571. The minimum Gasteiger partial charge on any atom is -0.374 e. The maximum Gasteiger partial charge on any atom is 0.145 e. The molecular weight excluding hydrogens is 116 g/mol. The molecule has 2 heteroatoms. The standard InChI is InChI=1S/C7H10O2/c1-2-3-4-6-9-7-5-8/h1,5H,3-4,6-7H2. The van der Waals surface area contributed by atoms with Crippen molar-refractivity contribution < 1.29 is 9.53 Å². The quantitative estimate of drug-likeness (QED) is 0.306. The molecule has 0 saturated heterocycles. The highest BCUT2D eigenvalue weighted by Crippen LogP contribution is 1.85. The second-order valence-electron chi connectivity index (χ2n) is 1.55. The van der Waals surface area contributed by atoms with E-state index in [0.717, 1.165) is 19.1 Å². The van der Waals surface area contributed by atoms with Crippen LogP contribution in [0.4, 0.5) is 0 Å². The first-order valence-electron chi connectivity index (χ1n) is 2.86. The topological polar surface area (TPSA) is 26.3 Å². The molecule has 0 spiro atoms. The minimum atomic E-state index is 0.185. The maximum atomic E-state index is 9.67. The van der Waals surface area contributed by atoms with Crippen LogP contribution in [0.3, 0.4) is 0 Å². The zero-order valence-corrected chi connectivity index (χ0v) is 5.30. The van der Waals surface area contributed by atoms with Gasteiger partial charge in [0.15, 0.2) is 0 Å². The normalized spacial score (nSPS) is 8.33. The smallest absolute Gasteiger partial charge is 0.145 e. The van der Waals surface area contributed by atoms with Gasteiger partial charge in [0.2, 0.25) is 0 Å². The van der Waals surface area contributed by atoms with Gasteiger partial charge in [-0.25, -0.2) is 0 Å². The van der Waals surface area contributed by atoms with E-state index in [1.54, 1.807) is 0 Å². The highest BCUT2D eigenvalue weighted by atomic mass is 16.5. The van der Waals surface area contributed by atoms with Crippen LogP contribution < -0.4 is 0 Å². The summed E-state index contributed by atoms with van der Waals surface area (Å²) < 4.78 is 4.82. The first-order chi connectivity index (χ1) is 4.41. The lowest BCUT2D eigenvalue weighted by Crippen LogP contribution is -1.96. The molecule has 50 valence electrons. The van der Waals surface area contributed by atoms with Crippen molar-refractivity contribution in [2.45, 2.75) is 12.8 Å². The van der Waals surface area contributed by atoms with E-state index in [1.165, 1.54) is 0 Å². The largest absolute Gasteiger partial charge is 0.374 e. The summed E-state index contributed by atoms with van der Waals surface area (Å²) in [6.07, 6.45) is 7.26. The number of carbonyl (C=O) groups excluding carboxylic acids is 1. The van der Waals surface area contributed by atoms with Gasteiger partial charge in [-0.1, -0.05) is 0 Å². The molecule has 0 bridgehead atoms. The van der Waals surface area contributed by atoms with Crippen molar-refractivity contribution in [2.75, 3.05) is 13.2 Å². The molecule has 0 aliphatic rings. The highest BCUT2D eigenvalue weighted by molar-refractivity contribution is 5.50. The second kappa shape index (κ2) is 7.19. The van der Waals surface area contributed by atoms with Gasteiger partial charge < -0.3 is 9.53 Å². The Hall–Kier alpha value is -0.810. The SMILES string of the molecule is C#CCCCOCC=O. The zero-order valence-electron chi connectivity index (χ0n) is 5.30. The molecule has 0 heterocycles. The molecule has 0 amide bonds. The Kier molecular flexibility index (Phi) is 6.54. The first-order valence-corrected chi connectivity index (χ1v) is 2.86. The molecule has 0 aliphatic heterocycles. The van der Waals surface area contributed by atoms with Gasteiger partial charge in [0, 0.05) is 13.0 Å². The van der Waals surface area contributed by atoms with Crippen LogP contribution in [-0.4, -0.2) is 19.5 Å². The monoisotopic (exact) mass is 126 g/mol. The molecule has 0 saturated carbocycles. The van der Waals surface area contributed by atoms with E-state index in [4.69, 9.17) is 11.2 Å². The van der Waals surface area contributed by atoms with Crippen molar-refractivity contribution in [3.8, 4) is 12.3 Å². The van der Waals surface area contributed by atoms with Crippen molar-refractivity contribution in [2.24, 2.45) is 0 Å². The number of hydrogen-bond acceptors (Lipinski definition) is 2. The average Bonchev–Trinajstić information content (AvgIpc) is 1.89. The van der Waals surface area contributed by atoms with Gasteiger partial charge in [-0.3, -0.25) is 0 Å². The molecule has 0 radical (unpaired) electrons. The zero-order chi connectivity index (χ0) is 6.95. The molecule has 2 nitrogen and oxygen atoms in total. The van der Waals surface area contributed by atoms with Crippen molar-refractivity contribution >= 4 is 6.29 Å². The molecule has 0 rings (SSSR count). The molecule has 0 aromatic carbocycles. The van der Waals surface area contributed by atoms with Crippen molar-refractivity contribution in [3.05, 3.63) is 0 Å². The number of aldehydes is 1. The van der Waals surface area contributed by atoms with E-state index in [2.05, 4.69) is 5.92 Å². The third-order valence-electron chi connectivity index (χ3n) is 0.796. The molecular formula is C7H10O2. The number of ether oxygens (including phenoxy) is 1. The predicted octanol–water partition coefficient (Wildman–Crippen LogP) is 0.615. The summed E-state index contributed by atoms with van der Waals surface area (Å²) in [5, 5.41) is 0. The van der Waals surface area contributed by atoms with Gasteiger partial charge in [0.05, 0.1) is 0 Å². The van der Waals surface area contributed by atoms with Crippen LogP contribution in [0.15, 0.2) is 0 Å². The Balaban J connectivity index is 2.76. The lowest BCUT2D eigenvalue weighted by atomic mass is 10.3. The van der Waals surface area contributed by atoms with Gasteiger partial charge in [-0.05, 0) is 6.42 Å². The number of terminal acetylenes is 1. The van der Waals surface area contributed by atoms with Gasteiger partial charge in [-0.15, -0.1) is 12.3 Å². The number of rotatable bonds is 5. The van der Waals surface area contributed by atoms with Crippen LogP contribution in [0.25, 0.3) is 0 Å². The van der Waals surface area contributed by atoms with Crippen LogP contribution in [0.1, 0.15) is 12.8 Å². The molecule has 0 aliphatic carbocycles. The summed E-state index contributed by atoms with van der Waals surface area (Å²) in [6, 6.07) is 0. The summed E-state index contributed by atoms with van der Waals surface area (Å²) in [7, 11) is 0. The van der Waals surface area contributed by atoms with E-state index in [1.807, 2.05) is 0 Å². The Morgan fingerprint density at radius 3 is 3.00 bits per heavy atom. The van der Waals surface area contributed by atoms with Crippen molar-refractivity contribution in [1.82, 2.24) is 0 Å². The lowest BCUT2D eigenvalue weighted by molar-refractivity contribution is -0.111. The molecule has 0 unspecified atom stereocenters. The second-order valence-corrected chi connectivity index (χ2v) is 1.55. The predicted molar refractivity (Wildman–Crippen MR) is 34.9 cm³/mol. The van der Waals surface area contributed by atoms with E-state index in [-0.39, 0.29) is 6.61 Å². The summed E-state index contributed by atoms with van der Waals surface area (Å²) in [5.74, 6) is 2.48. The fourth-order valence-electron chi connectivity index (χ4n) is 0.408. The van der Waals surface area contributed by atoms with Crippen LogP contribution in [-0.2, 0) is 9.53 Å². The molecule has 0 atom stereocenters. The van der Waals surface area contributed by atoms with E-state index in [9.17, 15) is 4.79 Å². The summed E-state index contributed by atoms with van der Waals surface area (Å²) in [6.45, 7) is 0.771. The van der Waals surface area contributed by atoms with E-state index < -0.39 is 0 Å². The van der Waals surface area contributed by atoms with Gasteiger partial charge in [0.1, 0.15) is 12.9 Å². The first kappa shape index (κ1) is 8.19. The van der Waals surface area contributed by atoms with Crippen LogP contribution >= 0.6 is 0 Å². The van der Waals surface area contributed by atoms with Gasteiger partial charge in [-0.2, -0.15) is 0 Å². The maximum absolute atomic E-state index is 9.67. The van der Waals surface area contributed by atoms with Crippen molar-refractivity contribution in [3.63, 3.8) is 0 Å². The molecule has 0 N–H and O–H groups in total. The summed E-state index contributed by atoms with van der Waals surface area (Å²) >= 11 is 0. The fourth-order valence-corrected chi connectivity index (χ4v) is 0.408. The van der Waals surface area contributed by atoms with E-state index in [0.29, 0.717) is 6.61 Å². The average molecular weight is 126 g/mol. The van der Waals surface area contributed by atoms with Crippen LogP contribution in [0.2, 0.25) is 0 Å². The number of carbonyl (C=O) groups is 1.